The number of rotatable bonds is 5. The van der Waals surface area contributed by atoms with Gasteiger partial charge < -0.3 is 21.9 Å². The second kappa shape index (κ2) is 6.11. The molecule has 102 valence electrons. The number of hydrogen-bond donors (Lipinski definition) is 4. The molecule has 0 radical (unpaired) electrons. The van der Waals surface area contributed by atoms with E-state index in [1.54, 1.807) is 0 Å². The summed E-state index contributed by atoms with van der Waals surface area (Å²) < 4.78 is 13.8. The molecule has 0 aliphatic rings. The van der Waals surface area contributed by atoms with Crippen LogP contribution in [0.3, 0.4) is 0 Å². The van der Waals surface area contributed by atoms with Crippen molar-refractivity contribution in [1.82, 2.24) is 0 Å². The zero-order valence-electron chi connectivity index (χ0n) is 10.5. The van der Waals surface area contributed by atoms with Crippen molar-refractivity contribution in [2.75, 3.05) is 23.3 Å². The van der Waals surface area contributed by atoms with Gasteiger partial charge in [-0.25, -0.2) is 4.39 Å². The van der Waals surface area contributed by atoms with Crippen LogP contribution < -0.4 is 16.8 Å². The van der Waals surface area contributed by atoms with Crippen molar-refractivity contribution in [3.8, 4) is 0 Å². The highest BCUT2D eigenvalue weighted by atomic mass is 35.5. The first-order valence-electron chi connectivity index (χ1n) is 5.77. The molecule has 0 aliphatic carbocycles. The van der Waals surface area contributed by atoms with Crippen LogP contribution in [0, 0.1) is 11.7 Å². The van der Waals surface area contributed by atoms with Crippen LogP contribution in [0.5, 0.6) is 0 Å². The second-order valence-electron chi connectivity index (χ2n) is 4.72. The second-order valence-corrected chi connectivity index (χ2v) is 5.10. The smallest absolute Gasteiger partial charge is 0.169 e. The number of aliphatic hydroxyl groups excluding tert-OH is 1. The molecule has 1 atom stereocenters. The predicted molar refractivity (Wildman–Crippen MR) is 74.2 cm³/mol. The van der Waals surface area contributed by atoms with Crippen LogP contribution in [-0.2, 0) is 0 Å². The average Bonchev–Trinajstić information content (AvgIpc) is 2.25. The Labute approximate surface area is 111 Å². The van der Waals surface area contributed by atoms with Crippen LogP contribution in [-0.4, -0.2) is 17.8 Å². The van der Waals surface area contributed by atoms with Gasteiger partial charge in [-0.05, 0) is 18.4 Å². The van der Waals surface area contributed by atoms with E-state index in [0.29, 0.717) is 12.3 Å². The maximum Gasteiger partial charge on any atom is 0.169 e. The Kier molecular flexibility index (Phi) is 5.04. The summed E-state index contributed by atoms with van der Waals surface area (Å²) in [4.78, 5) is 0. The van der Waals surface area contributed by atoms with Crippen molar-refractivity contribution < 1.29 is 9.50 Å². The maximum atomic E-state index is 13.8. The lowest BCUT2D eigenvalue weighted by molar-refractivity contribution is 0.161. The van der Waals surface area contributed by atoms with E-state index in [9.17, 15) is 9.50 Å². The molecule has 0 heterocycles. The normalized spacial score (nSPS) is 12.8. The van der Waals surface area contributed by atoms with Crippen LogP contribution in [0.2, 0.25) is 5.02 Å². The monoisotopic (exact) mass is 275 g/mol. The van der Waals surface area contributed by atoms with Gasteiger partial charge in [-0.15, -0.1) is 0 Å². The van der Waals surface area contributed by atoms with E-state index in [4.69, 9.17) is 23.1 Å². The Bertz CT molecular complexity index is 426. The molecule has 0 fully saturated rings. The Morgan fingerprint density at radius 3 is 2.56 bits per heavy atom. The van der Waals surface area contributed by atoms with Crippen molar-refractivity contribution in [3.63, 3.8) is 0 Å². The zero-order valence-corrected chi connectivity index (χ0v) is 11.3. The highest BCUT2D eigenvalue weighted by Crippen LogP contribution is 2.33. The molecule has 1 aromatic rings. The molecule has 1 unspecified atom stereocenters. The van der Waals surface area contributed by atoms with Gasteiger partial charge in [-0.1, -0.05) is 25.4 Å². The molecule has 0 spiro atoms. The zero-order chi connectivity index (χ0) is 13.9. The fourth-order valence-corrected chi connectivity index (χ4v) is 1.84. The van der Waals surface area contributed by atoms with Crippen molar-refractivity contribution in [3.05, 3.63) is 16.9 Å². The van der Waals surface area contributed by atoms with E-state index in [-0.39, 0.29) is 28.6 Å². The topological polar surface area (TPSA) is 84.3 Å². The number of hydrogen-bond acceptors (Lipinski definition) is 4. The number of benzene rings is 1. The maximum absolute atomic E-state index is 13.8. The molecule has 1 aromatic carbocycles. The van der Waals surface area contributed by atoms with Gasteiger partial charge in [0.2, 0.25) is 0 Å². The first-order chi connectivity index (χ1) is 8.32. The van der Waals surface area contributed by atoms with Gasteiger partial charge in [0.25, 0.3) is 0 Å². The summed E-state index contributed by atoms with van der Waals surface area (Å²) in [5.74, 6) is -0.329. The van der Waals surface area contributed by atoms with Gasteiger partial charge in [0, 0.05) is 6.54 Å². The molecule has 6 heteroatoms. The lowest BCUT2D eigenvalue weighted by atomic mass is 10.1. The Hall–Kier alpha value is -1.20. The molecule has 0 aliphatic heterocycles. The van der Waals surface area contributed by atoms with Crippen molar-refractivity contribution in [2.45, 2.75) is 26.4 Å². The van der Waals surface area contributed by atoms with Gasteiger partial charge >= 0.3 is 0 Å². The van der Waals surface area contributed by atoms with Crippen LogP contribution in [0.4, 0.5) is 21.5 Å². The van der Waals surface area contributed by atoms with Gasteiger partial charge in [-0.2, -0.15) is 0 Å². The average molecular weight is 276 g/mol. The molecule has 1 rings (SSSR count). The largest absolute Gasteiger partial charge is 0.397 e. The molecule has 0 saturated carbocycles. The quantitative estimate of drug-likeness (QED) is 0.622. The first kappa shape index (κ1) is 14.9. The van der Waals surface area contributed by atoms with Crippen LogP contribution in [0.25, 0.3) is 0 Å². The third-order valence-corrected chi connectivity index (χ3v) is 2.91. The third kappa shape index (κ3) is 3.65. The number of aliphatic hydroxyl groups is 1. The summed E-state index contributed by atoms with van der Waals surface area (Å²) in [6, 6.07) is 1.39. The molecule has 4 nitrogen and oxygen atoms in total. The van der Waals surface area contributed by atoms with Gasteiger partial charge in [0.15, 0.2) is 5.82 Å². The molecule has 0 saturated heterocycles. The predicted octanol–water partition coefficient (Wildman–Crippen LogP) is 2.46. The summed E-state index contributed by atoms with van der Waals surface area (Å²) in [6.45, 7) is 4.20. The standard InChI is InChI=1S/C12H19ClFN3O/c1-6(2)3-7(18)5-17-12-9(16)4-8(15)10(13)11(12)14/h4,6-7,17-18H,3,5,15-16H2,1-2H3. The summed E-state index contributed by atoms with van der Waals surface area (Å²) in [5.41, 5.74) is 11.5. The van der Waals surface area contributed by atoms with Crippen LogP contribution in [0.15, 0.2) is 6.07 Å². The SMILES string of the molecule is CC(C)CC(O)CNc1c(N)cc(N)c(Cl)c1F. The first-order valence-corrected chi connectivity index (χ1v) is 6.15. The molecule has 6 N–H and O–H groups in total. The van der Waals surface area contributed by atoms with Crippen molar-refractivity contribution in [1.29, 1.82) is 0 Å². The minimum absolute atomic E-state index is 0.0806. The fraction of sp³-hybridized carbons (Fsp3) is 0.500. The van der Waals surface area contributed by atoms with Crippen molar-refractivity contribution >= 4 is 28.7 Å². The number of halogens is 2. The minimum Gasteiger partial charge on any atom is -0.397 e. The molecule has 0 amide bonds. The molecule has 18 heavy (non-hydrogen) atoms. The van der Waals surface area contributed by atoms with Gasteiger partial charge in [0.05, 0.1) is 23.2 Å². The summed E-state index contributed by atoms with van der Waals surface area (Å²) >= 11 is 5.70. The van der Waals surface area contributed by atoms with E-state index in [0.717, 1.165) is 0 Å². The Morgan fingerprint density at radius 2 is 2.00 bits per heavy atom. The summed E-state index contributed by atoms with van der Waals surface area (Å²) in [7, 11) is 0. The number of anilines is 3. The summed E-state index contributed by atoms with van der Waals surface area (Å²) in [6.07, 6.45) is 0.0529. The Morgan fingerprint density at radius 1 is 1.39 bits per heavy atom. The van der Waals surface area contributed by atoms with E-state index < -0.39 is 11.9 Å². The Balaban J connectivity index is 2.76. The van der Waals surface area contributed by atoms with Crippen LogP contribution >= 0.6 is 11.6 Å². The van der Waals surface area contributed by atoms with E-state index >= 15 is 0 Å². The van der Waals surface area contributed by atoms with E-state index in [1.807, 2.05) is 13.8 Å². The molecular formula is C12H19ClFN3O. The summed E-state index contributed by atoms with van der Waals surface area (Å²) in [5, 5.41) is 12.3. The molecule has 0 bridgehead atoms. The minimum atomic E-state index is -0.689. The molecule has 0 aromatic heterocycles. The lowest BCUT2D eigenvalue weighted by Gasteiger charge is -2.17. The fourth-order valence-electron chi connectivity index (χ4n) is 1.69. The highest BCUT2D eigenvalue weighted by Gasteiger charge is 2.15. The molecular weight excluding hydrogens is 257 g/mol. The van der Waals surface area contributed by atoms with Gasteiger partial charge in [0.1, 0.15) is 5.02 Å². The number of nitrogens with two attached hydrogens (primary N) is 2. The number of nitrogens with one attached hydrogen (secondary N) is 1. The van der Waals surface area contributed by atoms with E-state index in [1.165, 1.54) is 6.07 Å². The van der Waals surface area contributed by atoms with Crippen LogP contribution in [0.1, 0.15) is 20.3 Å². The van der Waals surface area contributed by atoms with Gasteiger partial charge in [-0.3, -0.25) is 0 Å². The lowest BCUT2D eigenvalue weighted by Crippen LogP contribution is -2.22. The third-order valence-electron chi connectivity index (χ3n) is 2.52. The highest BCUT2D eigenvalue weighted by molar-refractivity contribution is 6.33. The van der Waals surface area contributed by atoms with Crippen molar-refractivity contribution in [2.24, 2.45) is 5.92 Å². The number of nitrogen functional groups attached to an aromatic ring is 2. The van der Waals surface area contributed by atoms with E-state index in [2.05, 4.69) is 5.32 Å².